The van der Waals surface area contributed by atoms with Gasteiger partial charge in [0.15, 0.2) is 0 Å². The molecule has 0 unspecified atom stereocenters. The largest absolute Gasteiger partial charge is 0.381 e. The van der Waals surface area contributed by atoms with Gasteiger partial charge in [0.05, 0.1) is 0 Å². The quantitative estimate of drug-likeness (QED) is 0.803. The molecule has 0 spiro atoms. The highest BCUT2D eigenvalue weighted by Gasteiger charge is 2.24. The van der Waals surface area contributed by atoms with Crippen molar-refractivity contribution in [3.8, 4) is 0 Å². The van der Waals surface area contributed by atoms with E-state index in [1.807, 2.05) is 0 Å². The second-order valence-corrected chi connectivity index (χ2v) is 5.55. The number of imidazole rings is 1. The fraction of sp³-hybridized carbons (Fsp3) is 0.786. The molecule has 0 amide bonds. The van der Waals surface area contributed by atoms with Gasteiger partial charge in [-0.2, -0.15) is 0 Å². The molecule has 0 aliphatic carbocycles. The van der Waals surface area contributed by atoms with Crippen molar-refractivity contribution in [3.05, 3.63) is 17.7 Å². The van der Waals surface area contributed by atoms with Crippen LogP contribution in [-0.4, -0.2) is 22.8 Å². The SMILES string of the molecule is CC(C)c1cnc(C2CCOCC2)n1C(C)C. The maximum absolute atomic E-state index is 5.44. The third-order valence-corrected chi connectivity index (χ3v) is 3.55. The molecule has 1 fully saturated rings. The van der Waals surface area contributed by atoms with E-state index in [0.29, 0.717) is 17.9 Å². The van der Waals surface area contributed by atoms with E-state index in [2.05, 4.69) is 43.4 Å². The van der Waals surface area contributed by atoms with Crippen molar-refractivity contribution in [3.63, 3.8) is 0 Å². The van der Waals surface area contributed by atoms with Crippen molar-refractivity contribution in [1.82, 2.24) is 9.55 Å². The zero-order valence-corrected chi connectivity index (χ0v) is 11.4. The molecular formula is C14H24N2O. The van der Waals surface area contributed by atoms with Crippen molar-refractivity contribution in [2.45, 2.75) is 58.4 Å². The van der Waals surface area contributed by atoms with Crippen molar-refractivity contribution in [2.24, 2.45) is 0 Å². The van der Waals surface area contributed by atoms with Crippen LogP contribution >= 0.6 is 0 Å². The van der Waals surface area contributed by atoms with Gasteiger partial charge in [0.1, 0.15) is 5.82 Å². The maximum Gasteiger partial charge on any atom is 0.112 e. The second-order valence-electron chi connectivity index (χ2n) is 5.55. The molecule has 0 atom stereocenters. The van der Waals surface area contributed by atoms with Crippen molar-refractivity contribution >= 4 is 0 Å². The van der Waals surface area contributed by atoms with Crippen LogP contribution in [0.5, 0.6) is 0 Å². The van der Waals surface area contributed by atoms with Gasteiger partial charge in [-0.3, -0.25) is 0 Å². The molecule has 1 aromatic heterocycles. The summed E-state index contributed by atoms with van der Waals surface area (Å²) >= 11 is 0. The van der Waals surface area contributed by atoms with E-state index in [4.69, 9.17) is 4.74 Å². The summed E-state index contributed by atoms with van der Waals surface area (Å²) in [5, 5.41) is 0. The zero-order chi connectivity index (χ0) is 12.4. The Labute approximate surface area is 104 Å². The highest BCUT2D eigenvalue weighted by Crippen LogP contribution is 2.30. The molecule has 2 rings (SSSR count). The standard InChI is InChI=1S/C14H24N2O/c1-10(2)13-9-15-14(16(13)11(3)4)12-5-7-17-8-6-12/h9-12H,5-8H2,1-4H3. The van der Waals surface area contributed by atoms with E-state index >= 15 is 0 Å². The number of hydrogen-bond donors (Lipinski definition) is 0. The van der Waals surface area contributed by atoms with Gasteiger partial charge in [-0.05, 0) is 32.6 Å². The van der Waals surface area contributed by atoms with Crippen molar-refractivity contribution < 1.29 is 4.74 Å². The first kappa shape index (κ1) is 12.6. The van der Waals surface area contributed by atoms with Gasteiger partial charge in [0.25, 0.3) is 0 Å². The number of rotatable bonds is 3. The van der Waals surface area contributed by atoms with Crippen LogP contribution in [0.15, 0.2) is 6.20 Å². The number of aromatic nitrogens is 2. The molecule has 2 heterocycles. The van der Waals surface area contributed by atoms with Crippen LogP contribution in [0.4, 0.5) is 0 Å². The summed E-state index contributed by atoms with van der Waals surface area (Å²) in [6.07, 6.45) is 4.29. The van der Waals surface area contributed by atoms with Crippen molar-refractivity contribution in [2.75, 3.05) is 13.2 Å². The molecule has 1 saturated heterocycles. The van der Waals surface area contributed by atoms with E-state index in [-0.39, 0.29) is 0 Å². The highest BCUT2D eigenvalue weighted by atomic mass is 16.5. The first-order valence-electron chi connectivity index (χ1n) is 6.76. The van der Waals surface area contributed by atoms with Crippen LogP contribution in [0.2, 0.25) is 0 Å². The minimum atomic E-state index is 0.493. The van der Waals surface area contributed by atoms with E-state index in [1.165, 1.54) is 11.5 Å². The topological polar surface area (TPSA) is 27.1 Å². The lowest BCUT2D eigenvalue weighted by Gasteiger charge is -2.25. The molecule has 17 heavy (non-hydrogen) atoms. The molecule has 3 nitrogen and oxygen atoms in total. The molecule has 96 valence electrons. The molecule has 0 aromatic carbocycles. The molecule has 1 aromatic rings. The Morgan fingerprint density at radius 2 is 1.88 bits per heavy atom. The summed E-state index contributed by atoms with van der Waals surface area (Å²) in [5.41, 5.74) is 1.36. The van der Waals surface area contributed by atoms with Gasteiger partial charge in [-0.15, -0.1) is 0 Å². The van der Waals surface area contributed by atoms with Gasteiger partial charge in [0.2, 0.25) is 0 Å². The van der Waals surface area contributed by atoms with Gasteiger partial charge in [-0.1, -0.05) is 13.8 Å². The first-order valence-corrected chi connectivity index (χ1v) is 6.76. The van der Waals surface area contributed by atoms with Gasteiger partial charge in [-0.25, -0.2) is 4.98 Å². The predicted octanol–water partition coefficient (Wildman–Crippen LogP) is 3.48. The summed E-state index contributed by atoms with van der Waals surface area (Å²) in [6.45, 7) is 10.7. The van der Waals surface area contributed by atoms with Crippen LogP contribution in [0.3, 0.4) is 0 Å². The summed E-state index contributed by atoms with van der Waals surface area (Å²) in [5.74, 6) is 2.39. The lowest BCUT2D eigenvalue weighted by molar-refractivity contribution is 0.0825. The average molecular weight is 236 g/mol. The summed E-state index contributed by atoms with van der Waals surface area (Å²) in [4.78, 5) is 4.69. The smallest absolute Gasteiger partial charge is 0.112 e. The molecule has 0 saturated carbocycles. The molecule has 1 aliphatic heterocycles. The molecule has 0 bridgehead atoms. The molecule has 0 N–H and O–H groups in total. The molecule has 0 radical (unpaired) electrons. The predicted molar refractivity (Wildman–Crippen MR) is 69.5 cm³/mol. The van der Waals surface area contributed by atoms with E-state index in [9.17, 15) is 0 Å². The Hall–Kier alpha value is -0.830. The highest BCUT2D eigenvalue weighted by molar-refractivity contribution is 5.14. The summed E-state index contributed by atoms with van der Waals surface area (Å²) in [7, 11) is 0. The third-order valence-electron chi connectivity index (χ3n) is 3.55. The fourth-order valence-corrected chi connectivity index (χ4v) is 2.64. The minimum absolute atomic E-state index is 0.493. The maximum atomic E-state index is 5.44. The monoisotopic (exact) mass is 236 g/mol. The van der Waals surface area contributed by atoms with E-state index in [0.717, 1.165) is 26.1 Å². The molecule has 3 heteroatoms. The van der Waals surface area contributed by atoms with Crippen LogP contribution < -0.4 is 0 Å². The number of hydrogen-bond acceptors (Lipinski definition) is 2. The zero-order valence-electron chi connectivity index (χ0n) is 11.4. The van der Waals surface area contributed by atoms with Gasteiger partial charge < -0.3 is 9.30 Å². The Bertz CT molecular complexity index is 362. The third kappa shape index (κ3) is 2.54. The van der Waals surface area contributed by atoms with Crippen LogP contribution in [0, 0.1) is 0 Å². The fourth-order valence-electron chi connectivity index (χ4n) is 2.64. The number of ether oxygens (including phenoxy) is 1. The van der Waals surface area contributed by atoms with Crippen LogP contribution in [0.25, 0.3) is 0 Å². The normalized spacial score (nSPS) is 18.2. The molecular weight excluding hydrogens is 212 g/mol. The van der Waals surface area contributed by atoms with Crippen LogP contribution in [-0.2, 0) is 4.74 Å². The molecule has 1 aliphatic rings. The van der Waals surface area contributed by atoms with Crippen LogP contribution in [0.1, 0.15) is 69.9 Å². The first-order chi connectivity index (χ1) is 8.11. The summed E-state index contributed by atoms with van der Waals surface area (Å²) < 4.78 is 7.87. The summed E-state index contributed by atoms with van der Waals surface area (Å²) in [6, 6.07) is 0.493. The van der Waals surface area contributed by atoms with Gasteiger partial charge in [0, 0.05) is 37.1 Å². The Morgan fingerprint density at radius 1 is 1.24 bits per heavy atom. The average Bonchev–Trinajstić information content (AvgIpc) is 2.74. The Kier molecular flexibility index (Phi) is 3.87. The lowest BCUT2D eigenvalue weighted by Crippen LogP contribution is -2.20. The Morgan fingerprint density at radius 3 is 2.41 bits per heavy atom. The number of nitrogens with zero attached hydrogens (tertiary/aromatic N) is 2. The van der Waals surface area contributed by atoms with Gasteiger partial charge >= 0.3 is 0 Å². The lowest BCUT2D eigenvalue weighted by atomic mass is 9.99. The van der Waals surface area contributed by atoms with E-state index < -0.39 is 0 Å². The Balaban J connectivity index is 2.32. The van der Waals surface area contributed by atoms with E-state index in [1.54, 1.807) is 0 Å². The minimum Gasteiger partial charge on any atom is -0.381 e. The van der Waals surface area contributed by atoms with Crippen molar-refractivity contribution in [1.29, 1.82) is 0 Å². The second kappa shape index (κ2) is 5.21.